The molecule has 10 rings (SSSR count). The molecule has 0 saturated heterocycles. The van der Waals surface area contributed by atoms with Gasteiger partial charge >= 0.3 is 0 Å². The van der Waals surface area contributed by atoms with Gasteiger partial charge in [0.05, 0.1) is 21.4 Å². The molecule has 204 valence electrons. The van der Waals surface area contributed by atoms with Crippen molar-refractivity contribution in [2.75, 3.05) is 0 Å². The second-order valence-corrected chi connectivity index (χ2v) is 13.3. The third-order valence-electron chi connectivity index (χ3n) is 8.65. The fourth-order valence-corrected chi connectivity index (χ4v) is 8.85. The maximum Gasteiger partial charge on any atom is 0.180 e. The zero-order valence-corrected chi connectivity index (χ0v) is 24.9. The lowest BCUT2D eigenvalue weighted by molar-refractivity contribution is 1.21. The van der Waals surface area contributed by atoms with Crippen molar-refractivity contribution in [2.24, 2.45) is 0 Å². The van der Waals surface area contributed by atoms with E-state index in [4.69, 9.17) is 15.0 Å². The summed E-state index contributed by atoms with van der Waals surface area (Å²) in [5, 5.41) is 9.50. The maximum absolute atomic E-state index is 5.34. The zero-order valence-electron chi connectivity index (χ0n) is 23.3. The van der Waals surface area contributed by atoms with E-state index in [1.165, 1.54) is 35.6 Å². The summed E-state index contributed by atoms with van der Waals surface area (Å²) in [4.78, 5) is 15.9. The number of hydrogen-bond acceptors (Lipinski definition) is 5. The van der Waals surface area contributed by atoms with Crippen molar-refractivity contribution < 1.29 is 0 Å². The summed E-state index contributed by atoms with van der Waals surface area (Å²) in [5.41, 5.74) is 4.78. The van der Waals surface area contributed by atoms with Gasteiger partial charge in [-0.3, -0.25) is 0 Å². The molecule has 0 bridgehead atoms. The molecule has 0 unspecified atom stereocenters. The van der Waals surface area contributed by atoms with Gasteiger partial charge in [-0.15, -0.1) is 22.7 Å². The molecule has 0 amide bonds. The summed E-state index contributed by atoms with van der Waals surface area (Å²) in [6, 6.07) is 45.4. The molecule has 3 nitrogen and oxygen atoms in total. The van der Waals surface area contributed by atoms with Crippen molar-refractivity contribution in [1.82, 2.24) is 15.0 Å². The van der Waals surface area contributed by atoms with Crippen LogP contribution in [0.2, 0.25) is 0 Å². The van der Waals surface area contributed by atoms with E-state index in [9.17, 15) is 0 Å². The molecule has 4 aromatic heterocycles. The first-order chi connectivity index (χ1) is 21.8. The predicted octanol–water partition coefficient (Wildman–Crippen LogP) is 11.4. The minimum absolute atomic E-state index is 0.652. The fraction of sp³-hybridized carbons (Fsp3) is 0. The van der Waals surface area contributed by atoms with Crippen molar-refractivity contribution in [3.05, 3.63) is 127 Å². The highest BCUT2D eigenvalue weighted by atomic mass is 32.1. The third-order valence-corrected chi connectivity index (χ3v) is 11.0. The number of thiophene rings is 2. The van der Waals surface area contributed by atoms with Crippen LogP contribution in [0.3, 0.4) is 0 Å². The van der Waals surface area contributed by atoms with Gasteiger partial charge in [0, 0.05) is 46.6 Å². The van der Waals surface area contributed by atoms with Gasteiger partial charge in [-0.25, -0.2) is 15.0 Å². The van der Waals surface area contributed by atoms with E-state index in [1.807, 2.05) is 11.3 Å². The Bertz CT molecular complexity index is 2790. The van der Waals surface area contributed by atoms with Gasteiger partial charge in [-0.1, -0.05) is 97.1 Å². The lowest BCUT2D eigenvalue weighted by Gasteiger charge is -2.12. The van der Waals surface area contributed by atoms with Crippen molar-refractivity contribution >= 4 is 95.6 Å². The molecule has 0 spiro atoms. The van der Waals surface area contributed by atoms with E-state index in [1.54, 1.807) is 11.3 Å². The smallest absolute Gasteiger partial charge is 0.180 e. The minimum atomic E-state index is 0.652. The lowest BCUT2D eigenvalue weighted by atomic mass is 10.0. The average Bonchev–Trinajstić information content (AvgIpc) is 3.64. The van der Waals surface area contributed by atoms with Crippen LogP contribution in [0.5, 0.6) is 0 Å². The molecule has 0 atom stereocenters. The Morgan fingerprint density at radius 1 is 0.409 bits per heavy atom. The quantitative estimate of drug-likeness (QED) is 0.187. The Kier molecular flexibility index (Phi) is 5.03. The molecule has 0 saturated carbocycles. The highest BCUT2D eigenvalue weighted by Gasteiger charge is 2.20. The monoisotopic (exact) mass is 595 g/mol. The molecule has 10 aromatic rings. The topological polar surface area (TPSA) is 38.7 Å². The van der Waals surface area contributed by atoms with Crippen LogP contribution in [0.4, 0.5) is 0 Å². The van der Waals surface area contributed by atoms with Crippen LogP contribution in [0.15, 0.2) is 127 Å². The Labute approximate surface area is 259 Å². The molecule has 0 aliphatic heterocycles. The summed E-state index contributed by atoms with van der Waals surface area (Å²) >= 11 is 3.58. The lowest BCUT2D eigenvalue weighted by Crippen LogP contribution is -1.97. The summed E-state index contributed by atoms with van der Waals surface area (Å²) in [5.74, 6) is 0.652. The van der Waals surface area contributed by atoms with Crippen molar-refractivity contribution in [2.45, 2.75) is 0 Å². The van der Waals surface area contributed by atoms with Crippen LogP contribution in [0.25, 0.3) is 95.7 Å². The standard InChI is InChI=1S/C39H21N3S2/c1-2-10-23-19-24(18-17-22(23)9-1)35-38-36(28-14-6-8-16-33(28)44-38)42-39(41-35)37-27-13-4-3-11-25(27)29-20-30-26-12-5-7-15-32(26)43-34(30)21-31(29)40-37/h1-21H. The van der Waals surface area contributed by atoms with Crippen LogP contribution in [-0.4, -0.2) is 15.0 Å². The minimum Gasteiger partial charge on any atom is -0.244 e. The first-order valence-electron chi connectivity index (χ1n) is 14.6. The van der Waals surface area contributed by atoms with E-state index in [0.717, 1.165) is 54.2 Å². The molecular weight excluding hydrogens is 575 g/mol. The Morgan fingerprint density at radius 2 is 1.11 bits per heavy atom. The molecule has 0 N–H and O–H groups in total. The van der Waals surface area contributed by atoms with Crippen LogP contribution >= 0.6 is 22.7 Å². The van der Waals surface area contributed by atoms with Crippen molar-refractivity contribution in [1.29, 1.82) is 0 Å². The third kappa shape index (κ3) is 3.51. The molecule has 44 heavy (non-hydrogen) atoms. The van der Waals surface area contributed by atoms with Gasteiger partial charge in [-0.2, -0.15) is 0 Å². The predicted molar refractivity (Wildman–Crippen MR) is 189 cm³/mol. The van der Waals surface area contributed by atoms with E-state index < -0.39 is 0 Å². The van der Waals surface area contributed by atoms with Crippen LogP contribution in [-0.2, 0) is 0 Å². The zero-order chi connectivity index (χ0) is 28.8. The van der Waals surface area contributed by atoms with Gasteiger partial charge < -0.3 is 0 Å². The number of nitrogens with zero attached hydrogens (tertiary/aromatic N) is 3. The molecular formula is C39H21N3S2. The SMILES string of the molecule is c1ccc2cc(-c3nc(-c4nc5cc6sc7ccccc7c6cc5c5ccccc45)nc4c3sc3ccccc34)ccc2c1. The number of benzene rings is 6. The second-order valence-electron chi connectivity index (χ2n) is 11.2. The van der Waals surface area contributed by atoms with E-state index in [-0.39, 0.29) is 0 Å². The summed E-state index contributed by atoms with van der Waals surface area (Å²) in [7, 11) is 0. The van der Waals surface area contributed by atoms with E-state index in [0.29, 0.717) is 5.82 Å². The van der Waals surface area contributed by atoms with E-state index in [2.05, 4.69) is 127 Å². The Hall–Kier alpha value is -5.23. The summed E-state index contributed by atoms with van der Waals surface area (Å²) in [6.07, 6.45) is 0. The first kappa shape index (κ1) is 24.2. The summed E-state index contributed by atoms with van der Waals surface area (Å²) in [6.45, 7) is 0. The van der Waals surface area contributed by atoms with Crippen LogP contribution in [0, 0.1) is 0 Å². The van der Waals surface area contributed by atoms with Gasteiger partial charge in [0.1, 0.15) is 5.69 Å². The summed E-state index contributed by atoms with van der Waals surface area (Å²) < 4.78 is 4.84. The number of fused-ring (bicyclic) bond motifs is 10. The van der Waals surface area contributed by atoms with Crippen molar-refractivity contribution in [3.63, 3.8) is 0 Å². The van der Waals surface area contributed by atoms with Gasteiger partial charge in [-0.05, 0) is 46.5 Å². The van der Waals surface area contributed by atoms with Crippen LogP contribution in [0.1, 0.15) is 0 Å². The largest absolute Gasteiger partial charge is 0.244 e. The van der Waals surface area contributed by atoms with Gasteiger partial charge in [0.25, 0.3) is 0 Å². The normalized spacial score (nSPS) is 12.1. The Morgan fingerprint density at radius 3 is 1.98 bits per heavy atom. The Balaban J connectivity index is 1.31. The second kappa shape index (κ2) is 9.13. The van der Waals surface area contributed by atoms with E-state index >= 15 is 0 Å². The van der Waals surface area contributed by atoms with Crippen molar-refractivity contribution in [3.8, 4) is 22.8 Å². The number of hydrogen-bond donors (Lipinski definition) is 0. The highest BCUT2D eigenvalue weighted by Crippen LogP contribution is 2.42. The fourth-order valence-electron chi connectivity index (χ4n) is 6.57. The van der Waals surface area contributed by atoms with Gasteiger partial charge in [0.2, 0.25) is 0 Å². The number of pyridine rings is 1. The number of rotatable bonds is 2. The molecule has 0 aliphatic carbocycles. The molecule has 0 radical (unpaired) electrons. The van der Waals surface area contributed by atoms with Gasteiger partial charge in [0.15, 0.2) is 5.82 Å². The molecule has 6 aromatic carbocycles. The maximum atomic E-state index is 5.34. The highest BCUT2D eigenvalue weighted by molar-refractivity contribution is 7.26. The molecule has 0 fully saturated rings. The first-order valence-corrected chi connectivity index (χ1v) is 16.2. The molecule has 5 heteroatoms. The molecule has 0 aliphatic rings. The number of aromatic nitrogens is 3. The average molecular weight is 596 g/mol. The van der Waals surface area contributed by atoms with Crippen LogP contribution < -0.4 is 0 Å². The molecule has 4 heterocycles.